The summed E-state index contributed by atoms with van der Waals surface area (Å²) in [6, 6.07) is 0. The van der Waals surface area contributed by atoms with Crippen LogP contribution in [0, 0.1) is 13.8 Å². The third kappa shape index (κ3) is 4.04. The van der Waals surface area contributed by atoms with Crippen LogP contribution in [-0.2, 0) is 0 Å². The van der Waals surface area contributed by atoms with E-state index in [1.807, 2.05) is 32.8 Å². The number of hydrogen-bond donors (Lipinski definition) is 1. The Balaban J connectivity index is 2.24. The minimum atomic E-state index is 0.763. The number of aryl methyl sites for hydroxylation is 1. The molecule has 0 saturated carbocycles. The van der Waals surface area contributed by atoms with E-state index in [-0.39, 0.29) is 0 Å². The van der Waals surface area contributed by atoms with Crippen LogP contribution in [-0.4, -0.2) is 40.8 Å². The van der Waals surface area contributed by atoms with E-state index in [1.54, 1.807) is 23.1 Å². The van der Waals surface area contributed by atoms with Gasteiger partial charge in [-0.2, -0.15) is 0 Å². The average molecular weight is 324 g/mol. The summed E-state index contributed by atoms with van der Waals surface area (Å²) < 4.78 is 0.890. The first-order chi connectivity index (χ1) is 10.0. The Kier molecular flexibility index (Phi) is 5.35. The predicted octanol–water partition coefficient (Wildman–Crippen LogP) is 2.98. The van der Waals surface area contributed by atoms with Crippen molar-refractivity contribution in [3.63, 3.8) is 0 Å². The highest BCUT2D eigenvalue weighted by molar-refractivity contribution is 8.01. The van der Waals surface area contributed by atoms with Gasteiger partial charge in [0, 0.05) is 26.2 Å². The minimum absolute atomic E-state index is 0.763. The summed E-state index contributed by atoms with van der Waals surface area (Å²) >= 11 is 3.10. The molecular weight excluding hydrogens is 304 g/mol. The van der Waals surface area contributed by atoms with Crippen LogP contribution in [0.3, 0.4) is 0 Å². The Morgan fingerprint density at radius 2 is 1.95 bits per heavy atom. The lowest BCUT2D eigenvalue weighted by Gasteiger charge is -2.11. The van der Waals surface area contributed by atoms with E-state index < -0.39 is 0 Å². The first-order valence-corrected chi connectivity index (χ1v) is 8.42. The van der Waals surface area contributed by atoms with Gasteiger partial charge in [0.1, 0.15) is 16.7 Å². The number of aromatic nitrogens is 4. The van der Waals surface area contributed by atoms with Crippen LogP contribution in [0.15, 0.2) is 9.37 Å². The third-order valence-electron chi connectivity index (χ3n) is 2.72. The minimum Gasteiger partial charge on any atom is -0.370 e. The monoisotopic (exact) mass is 324 g/mol. The van der Waals surface area contributed by atoms with E-state index in [1.165, 1.54) is 0 Å². The van der Waals surface area contributed by atoms with Crippen molar-refractivity contribution < 1.29 is 0 Å². The Labute approximate surface area is 133 Å². The molecule has 0 bridgehead atoms. The molecule has 0 aromatic carbocycles. The van der Waals surface area contributed by atoms with Gasteiger partial charge in [-0.15, -0.1) is 10.2 Å². The molecule has 0 aliphatic rings. The summed E-state index contributed by atoms with van der Waals surface area (Å²) in [6.07, 6.45) is 1.06. The quantitative estimate of drug-likeness (QED) is 0.819. The van der Waals surface area contributed by atoms with E-state index in [9.17, 15) is 0 Å². The second-order valence-electron chi connectivity index (χ2n) is 4.82. The molecule has 2 aromatic heterocycles. The summed E-state index contributed by atoms with van der Waals surface area (Å²) in [5.41, 5.74) is 1.06. The van der Waals surface area contributed by atoms with Crippen molar-refractivity contribution in [3.8, 4) is 0 Å². The molecule has 114 valence electrons. The molecule has 0 spiro atoms. The molecule has 8 heteroatoms. The Bertz CT molecular complexity index is 611. The second-order valence-corrected chi connectivity index (χ2v) is 7.02. The normalized spacial score (nSPS) is 10.7. The summed E-state index contributed by atoms with van der Waals surface area (Å²) in [5.74, 6) is 1.67. The second kappa shape index (κ2) is 7.04. The van der Waals surface area contributed by atoms with E-state index in [0.717, 1.165) is 44.7 Å². The zero-order chi connectivity index (χ0) is 15.4. The van der Waals surface area contributed by atoms with Crippen molar-refractivity contribution >= 4 is 34.0 Å². The van der Waals surface area contributed by atoms with Gasteiger partial charge < -0.3 is 10.2 Å². The predicted molar refractivity (Wildman–Crippen MR) is 88.6 cm³/mol. The van der Waals surface area contributed by atoms with Crippen LogP contribution < -0.4 is 10.2 Å². The largest absolute Gasteiger partial charge is 0.370 e. The molecule has 0 fully saturated rings. The maximum atomic E-state index is 4.53. The Hall–Kier alpha value is -1.41. The van der Waals surface area contributed by atoms with Crippen molar-refractivity contribution in [2.45, 2.75) is 36.6 Å². The van der Waals surface area contributed by atoms with Gasteiger partial charge in [-0.05, 0) is 32.0 Å². The molecule has 2 aromatic rings. The van der Waals surface area contributed by atoms with Crippen molar-refractivity contribution in [2.24, 2.45) is 0 Å². The molecule has 0 atom stereocenters. The molecule has 0 aliphatic carbocycles. The molecule has 0 amide bonds. The fourth-order valence-electron chi connectivity index (χ4n) is 1.62. The third-order valence-corrected chi connectivity index (χ3v) is 4.95. The molecule has 1 N–H and O–H groups in total. The zero-order valence-corrected chi connectivity index (χ0v) is 14.6. The highest BCUT2D eigenvalue weighted by Crippen LogP contribution is 2.34. The van der Waals surface area contributed by atoms with Crippen molar-refractivity contribution in [3.05, 3.63) is 11.4 Å². The molecule has 2 rings (SSSR count). The highest BCUT2D eigenvalue weighted by atomic mass is 32.2. The Morgan fingerprint density at radius 3 is 2.57 bits per heavy atom. The van der Waals surface area contributed by atoms with Gasteiger partial charge in [0.15, 0.2) is 4.34 Å². The first-order valence-electron chi connectivity index (χ1n) is 6.79. The van der Waals surface area contributed by atoms with Gasteiger partial charge in [-0.1, -0.05) is 18.3 Å². The summed E-state index contributed by atoms with van der Waals surface area (Å²) in [6.45, 7) is 6.99. The molecule has 6 nitrogen and oxygen atoms in total. The topological polar surface area (TPSA) is 66.8 Å². The summed E-state index contributed by atoms with van der Waals surface area (Å²) in [7, 11) is 3.92. The molecule has 0 aliphatic heterocycles. The van der Waals surface area contributed by atoms with Gasteiger partial charge in [-0.25, -0.2) is 9.97 Å². The van der Waals surface area contributed by atoms with Crippen LogP contribution in [0.4, 0.5) is 10.9 Å². The zero-order valence-electron chi connectivity index (χ0n) is 13.0. The molecule has 0 saturated heterocycles. The molecular formula is C13H20N6S2. The number of hydrogen-bond acceptors (Lipinski definition) is 8. The smallest absolute Gasteiger partial charge is 0.208 e. The summed E-state index contributed by atoms with van der Waals surface area (Å²) in [5, 5.41) is 13.5. The SMILES string of the molecule is CCCNc1nc(C)nc(Sc2nnc(N(C)C)s2)c1C. The van der Waals surface area contributed by atoms with Crippen LogP contribution in [0.1, 0.15) is 24.7 Å². The fourth-order valence-corrected chi connectivity index (χ4v) is 3.43. The van der Waals surface area contributed by atoms with Gasteiger partial charge in [0.2, 0.25) is 5.13 Å². The average Bonchev–Trinajstić information content (AvgIpc) is 2.89. The van der Waals surface area contributed by atoms with Gasteiger partial charge in [0.25, 0.3) is 0 Å². The van der Waals surface area contributed by atoms with E-state index in [0.29, 0.717) is 0 Å². The van der Waals surface area contributed by atoms with E-state index in [2.05, 4.69) is 32.4 Å². The molecule has 21 heavy (non-hydrogen) atoms. The summed E-state index contributed by atoms with van der Waals surface area (Å²) in [4.78, 5) is 10.9. The maximum absolute atomic E-state index is 4.53. The van der Waals surface area contributed by atoms with Gasteiger partial charge in [-0.3, -0.25) is 0 Å². The van der Waals surface area contributed by atoms with Crippen LogP contribution >= 0.6 is 23.1 Å². The molecule has 2 heterocycles. The maximum Gasteiger partial charge on any atom is 0.208 e. The highest BCUT2D eigenvalue weighted by Gasteiger charge is 2.13. The number of nitrogens with one attached hydrogen (secondary N) is 1. The van der Waals surface area contributed by atoms with Crippen LogP contribution in [0.25, 0.3) is 0 Å². The molecule has 0 unspecified atom stereocenters. The van der Waals surface area contributed by atoms with Gasteiger partial charge in [0.05, 0.1) is 0 Å². The van der Waals surface area contributed by atoms with Gasteiger partial charge >= 0.3 is 0 Å². The first kappa shape index (κ1) is 16.0. The van der Waals surface area contributed by atoms with Crippen molar-refractivity contribution in [1.82, 2.24) is 20.2 Å². The van der Waals surface area contributed by atoms with Crippen LogP contribution in [0.2, 0.25) is 0 Å². The lowest BCUT2D eigenvalue weighted by atomic mass is 10.3. The lowest BCUT2D eigenvalue weighted by molar-refractivity contribution is 0.906. The number of nitrogens with zero attached hydrogens (tertiary/aromatic N) is 5. The van der Waals surface area contributed by atoms with Crippen molar-refractivity contribution in [2.75, 3.05) is 30.9 Å². The van der Waals surface area contributed by atoms with E-state index in [4.69, 9.17) is 0 Å². The fraction of sp³-hybridized carbons (Fsp3) is 0.538. The van der Waals surface area contributed by atoms with Crippen molar-refractivity contribution in [1.29, 1.82) is 0 Å². The van der Waals surface area contributed by atoms with Crippen LogP contribution in [0.5, 0.6) is 0 Å². The molecule has 0 radical (unpaired) electrons. The standard InChI is InChI=1S/C13H20N6S2/c1-6-7-14-10-8(2)11(16-9(3)15-10)20-13-18-17-12(21-13)19(4)5/h6-7H2,1-5H3,(H,14,15,16). The Morgan fingerprint density at radius 1 is 1.19 bits per heavy atom. The lowest BCUT2D eigenvalue weighted by Crippen LogP contribution is -2.07. The van der Waals surface area contributed by atoms with E-state index >= 15 is 0 Å². The number of anilines is 2. The number of rotatable bonds is 6.